The molecule has 0 saturated carbocycles. The summed E-state index contributed by atoms with van der Waals surface area (Å²) in [5.74, 6) is -0.264. The Balaban J connectivity index is 1.47. The van der Waals surface area contributed by atoms with Crippen molar-refractivity contribution in [2.75, 3.05) is 16.3 Å². The van der Waals surface area contributed by atoms with Crippen molar-refractivity contribution in [2.45, 2.75) is 6.42 Å². The van der Waals surface area contributed by atoms with E-state index in [0.29, 0.717) is 27.7 Å². The van der Waals surface area contributed by atoms with Crippen LogP contribution in [0, 0.1) is 0 Å². The quantitative estimate of drug-likeness (QED) is 0.268. The average Bonchev–Trinajstić information content (AvgIpc) is 3.28. The van der Waals surface area contributed by atoms with Crippen molar-refractivity contribution in [1.82, 2.24) is 9.97 Å². The van der Waals surface area contributed by atoms with Crippen molar-refractivity contribution < 1.29 is 23.1 Å². The summed E-state index contributed by atoms with van der Waals surface area (Å²) in [6, 6.07) is 10.2. The molecule has 1 amide bonds. The summed E-state index contributed by atoms with van der Waals surface area (Å²) >= 11 is 1.29. The predicted octanol–water partition coefficient (Wildman–Crippen LogP) is 2.37. The lowest BCUT2D eigenvalue weighted by molar-refractivity contribution is -0.885. The smallest absolute Gasteiger partial charge is 0.326 e. The largest absolute Gasteiger partial charge is 0.350 e. The SMILES string of the molecule is CS(=O)(=O)Nc1cccc(CC(=O)Nc2nc(-c3c[nH]c4c3ccc[n+]4O)cs2)c1. The third-order valence-electron chi connectivity index (χ3n) is 4.24. The van der Waals surface area contributed by atoms with Crippen molar-refractivity contribution in [3.63, 3.8) is 0 Å². The van der Waals surface area contributed by atoms with E-state index in [1.54, 1.807) is 36.5 Å². The molecule has 4 rings (SSSR count). The molecule has 4 N–H and O–H groups in total. The monoisotopic (exact) mass is 444 g/mol. The van der Waals surface area contributed by atoms with Gasteiger partial charge in [-0.1, -0.05) is 16.9 Å². The number of thiazole rings is 1. The molecule has 11 heteroatoms. The first-order chi connectivity index (χ1) is 14.3. The van der Waals surface area contributed by atoms with Gasteiger partial charge in [-0.3, -0.25) is 9.52 Å². The van der Waals surface area contributed by atoms with Gasteiger partial charge in [0, 0.05) is 11.1 Å². The summed E-state index contributed by atoms with van der Waals surface area (Å²) in [5, 5.41) is 15.7. The molecule has 0 fully saturated rings. The standard InChI is InChI=1S/C19H17N5O4S2/c1-30(27,28)23-13-5-2-4-12(8-13)9-17(25)22-19-21-16(11-29-19)15-10-20-18-14(15)6-3-7-24(18)26/h2-8,10-11,23,26H,9H2,1H3,(H,21,22,25)/p+1. The van der Waals surface area contributed by atoms with Crippen LogP contribution in [0.3, 0.4) is 0 Å². The predicted molar refractivity (Wildman–Crippen MR) is 114 cm³/mol. The zero-order valence-corrected chi connectivity index (χ0v) is 17.4. The van der Waals surface area contributed by atoms with Crippen LogP contribution in [-0.2, 0) is 21.2 Å². The molecule has 0 radical (unpaired) electrons. The van der Waals surface area contributed by atoms with E-state index in [-0.39, 0.29) is 12.3 Å². The highest BCUT2D eigenvalue weighted by molar-refractivity contribution is 7.92. The fourth-order valence-corrected chi connectivity index (χ4v) is 4.33. The van der Waals surface area contributed by atoms with Gasteiger partial charge in [0.2, 0.25) is 15.9 Å². The summed E-state index contributed by atoms with van der Waals surface area (Å²) in [6.45, 7) is 0. The molecule has 0 atom stereocenters. The summed E-state index contributed by atoms with van der Waals surface area (Å²) in [5.41, 5.74) is 3.10. The van der Waals surface area contributed by atoms with E-state index < -0.39 is 10.0 Å². The van der Waals surface area contributed by atoms with Crippen LogP contribution >= 0.6 is 11.3 Å². The van der Waals surface area contributed by atoms with Crippen LogP contribution in [-0.4, -0.2) is 35.8 Å². The Morgan fingerprint density at radius 1 is 1.30 bits per heavy atom. The molecule has 9 nitrogen and oxygen atoms in total. The first-order valence-electron chi connectivity index (χ1n) is 8.82. The maximum absolute atomic E-state index is 12.4. The number of hydrogen-bond donors (Lipinski definition) is 4. The van der Waals surface area contributed by atoms with Crippen molar-refractivity contribution in [3.8, 4) is 11.3 Å². The van der Waals surface area contributed by atoms with Crippen LogP contribution in [0.1, 0.15) is 5.56 Å². The maximum Gasteiger partial charge on any atom is 0.326 e. The van der Waals surface area contributed by atoms with Crippen LogP contribution in [0.4, 0.5) is 10.8 Å². The second-order valence-electron chi connectivity index (χ2n) is 6.65. The van der Waals surface area contributed by atoms with E-state index in [0.717, 1.165) is 21.9 Å². The van der Waals surface area contributed by atoms with Crippen LogP contribution < -0.4 is 14.8 Å². The van der Waals surface area contributed by atoms with Crippen LogP contribution in [0.25, 0.3) is 22.3 Å². The zero-order chi connectivity index (χ0) is 21.3. The lowest BCUT2D eigenvalue weighted by atomic mass is 10.1. The van der Waals surface area contributed by atoms with Gasteiger partial charge in [-0.2, -0.15) is 0 Å². The van der Waals surface area contributed by atoms with Crippen LogP contribution in [0.15, 0.2) is 54.2 Å². The number of carbonyl (C=O) groups excluding carboxylic acids is 1. The number of carbonyl (C=O) groups is 1. The van der Waals surface area contributed by atoms with Crippen LogP contribution in [0.5, 0.6) is 0 Å². The number of pyridine rings is 1. The number of nitrogens with one attached hydrogen (secondary N) is 3. The Bertz CT molecular complexity index is 1340. The molecule has 0 aliphatic heterocycles. The molecule has 30 heavy (non-hydrogen) atoms. The molecule has 3 aromatic heterocycles. The highest BCUT2D eigenvalue weighted by atomic mass is 32.2. The highest BCUT2D eigenvalue weighted by Gasteiger charge is 2.17. The van der Waals surface area contributed by atoms with Gasteiger partial charge in [0.25, 0.3) is 0 Å². The second kappa shape index (κ2) is 7.76. The number of nitrogens with zero attached hydrogens (tertiary/aromatic N) is 2. The summed E-state index contributed by atoms with van der Waals surface area (Å²) in [4.78, 5) is 19.9. The number of H-pyrrole nitrogens is 1. The number of sulfonamides is 1. The number of aromatic amines is 1. The molecule has 0 spiro atoms. The topological polar surface area (TPSA) is 128 Å². The van der Waals surface area contributed by atoms with Gasteiger partial charge < -0.3 is 10.5 Å². The van der Waals surface area contributed by atoms with Crippen molar-refractivity contribution in [2.24, 2.45) is 0 Å². The number of aromatic nitrogens is 3. The minimum absolute atomic E-state index is 0.0752. The average molecular weight is 445 g/mol. The van der Waals surface area contributed by atoms with Gasteiger partial charge in [-0.05, 0) is 29.8 Å². The van der Waals surface area contributed by atoms with E-state index in [2.05, 4.69) is 20.0 Å². The van der Waals surface area contributed by atoms with Crippen molar-refractivity contribution in [1.29, 1.82) is 0 Å². The first-order valence-corrected chi connectivity index (χ1v) is 11.6. The third-order valence-corrected chi connectivity index (χ3v) is 5.60. The Morgan fingerprint density at radius 2 is 2.13 bits per heavy atom. The molecule has 3 heterocycles. The minimum atomic E-state index is -3.39. The number of hydrogen-bond acceptors (Lipinski definition) is 6. The molecule has 0 bridgehead atoms. The third kappa shape index (κ3) is 4.42. The van der Waals surface area contributed by atoms with Crippen molar-refractivity contribution in [3.05, 3.63) is 59.7 Å². The fourth-order valence-electron chi connectivity index (χ4n) is 3.05. The second-order valence-corrected chi connectivity index (χ2v) is 9.26. The molecule has 0 saturated heterocycles. The molecule has 1 aromatic carbocycles. The number of amides is 1. The lowest BCUT2D eigenvalue weighted by Crippen LogP contribution is -2.29. The molecular formula is C19H18N5O4S2+. The molecule has 154 valence electrons. The van der Waals surface area contributed by atoms with Gasteiger partial charge in [-0.15, -0.1) is 11.3 Å². The highest BCUT2D eigenvalue weighted by Crippen LogP contribution is 2.30. The van der Waals surface area contributed by atoms with Gasteiger partial charge in [0.05, 0.1) is 35.5 Å². The van der Waals surface area contributed by atoms with E-state index in [4.69, 9.17) is 0 Å². The Hall–Kier alpha value is -3.44. The minimum Gasteiger partial charge on any atom is -0.350 e. The number of anilines is 2. The first kappa shape index (κ1) is 19.9. The van der Waals surface area contributed by atoms with E-state index in [1.807, 2.05) is 11.4 Å². The molecule has 0 aliphatic carbocycles. The van der Waals surface area contributed by atoms with E-state index in [9.17, 15) is 18.4 Å². The summed E-state index contributed by atoms with van der Waals surface area (Å²) in [6.07, 6.45) is 4.42. The molecule has 0 aliphatic rings. The van der Waals surface area contributed by atoms with Gasteiger partial charge in [0.15, 0.2) is 5.13 Å². The maximum atomic E-state index is 12.4. The Kier molecular flexibility index (Phi) is 5.14. The molecular weight excluding hydrogens is 426 g/mol. The Morgan fingerprint density at radius 3 is 2.93 bits per heavy atom. The summed E-state index contributed by atoms with van der Waals surface area (Å²) in [7, 11) is -3.39. The summed E-state index contributed by atoms with van der Waals surface area (Å²) < 4.78 is 26.1. The molecule has 4 aromatic rings. The lowest BCUT2D eigenvalue weighted by Gasteiger charge is -2.06. The van der Waals surface area contributed by atoms with Gasteiger partial charge >= 0.3 is 5.65 Å². The number of fused-ring (bicyclic) bond motifs is 1. The van der Waals surface area contributed by atoms with Gasteiger partial charge in [0.1, 0.15) is 6.20 Å². The van der Waals surface area contributed by atoms with E-state index in [1.165, 1.54) is 17.5 Å². The van der Waals surface area contributed by atoms with Gasteiger partial charge in [-0.25, -0.2) is 18.4 Å². The van der Waals surface area contributed by atoms with E-state index >= 15 is 0 Å². The van der Waals surface area contributed by atoms with Crippen molar-refractivity contribution >= 4 is 49.1 Å². The number of rotatable bonds is 6. The molecule has 0 unspecified atom stereocenters. The van der Waals surface area contributed by atoms with Crippen LogP contribution in [0.2, 0.25) is 0 Å². The normalized spacial score (nSPS) is 11.5. The Labute approximate surface area is 176 Å². The fraction of sp³-hybridized carbons (Fsp3) is 0.105. The number of benzene rings is 1. The zero-order valence-electron chi connectivity index (χ0n) is 15.8.